The Morgan fingerprint density at radius 1 is 0.792 bits per heavy atom. The zero-order valence-electron chi connectivity index (χ0n) is 16.7. The smallest absolute Gasteiger partial charge is 0.305 e. The van der Waals surface area contributed by atoms with Crippen LogP contribution in [0.25, 0.3) is 0 Å². The fraction of sp³-hybridized carbons (Fsp3) is 0.950. The van der Waals surface area contributed by atoms with E-state index >= 15 is 0 Å². The average Bonchev–Trinajstić information content (AvgIpc) is 2.53. The molecule has 0 aromatic carbocycles. The molecule has 4 heteroatoms. The van der Waals surface area contributed by atoms with Crippen molar-refractivity contribution in [3.63, 3.8) is 0 Å². The van der Waals surface area contributed by atoms with Crippen LogP contribution in [0.4, 0.5) is 0 Å². The SMILES string of the molecule is COC(=O)C(CCCCCCCCCCCCCCO)[Si](C)(C)C. The maximum absolute atomic E-state index is 11.9. The van der Waals surface area contributed by atoms with E-state index in [-0.39, 0.29) is 11.5 Å². The molecule has 0 fully saturated rings. The van der Waals surface area contributed by atoms with E-state index in [9.17, 15) is 4.79 Å². The van der Waals surface area contributed by atoms with Crippen molar-refractivity contribution in [2.45, 2.75) is 109 Å². The van der Waals surface area contributed by atoms with E-state index in [1.54, 1.807) is 0 Å². The van der Waals surface area contributed by atoms with Crippen LogP contribution in [-0.4, -0.2) is 32.9 Å². The normalized spacial score (nSPS) is 13.0. The van der Waals surface area contributed by atoms with E-state index in [0.29, 0.717) is 6.61 Å². The number of carbonyl (C=O) groups excluding carboxylic acids is 1. The van der Waals surface area contributed by atoms with Crippen LogP contribution in [0, 0.1) is 0 Å². The zero-order chi connectivity index (χ0) is 18.3. The van der Waals surface area contributed by atoms with Crippen LogP contribution >= 0.6 is 0 Å². The van der Waals surface area contributed by atoms with Crippen molar-refractivity contribution in [3.8, 4) is 0 Å². The largest absolute Gasteiger partial charge is 0.469 e. The summed E-state index contributed by atoms with van der Waals surface area (Å²) in [5, 5.41) is 8.72. The Bertz CT molecular complexity index is 300. The van der Waals surface area contributed by atoms with Gasteiger partial charge >= 0.3 is 5.97 Å². The fourth-order valence-electron chi connectivity index (χ4n) is 3.27. The predicted octanol–water partition coefficient (Wildman–Crippen LogP) is 5.93. The first kappa shape index (κ1) is 23.6. The third kappa shape index (κ3) is 13.0. The van der Waals surface area contributed by atoms with Crippen LogP contribution in [0.1, 0.15) is 83.5 Å². The summed E-state index contributed by atoms with van der Waals surface area (Å²) < 4.78 is 4.99. The molecule has 0 aromatic rings. The maximum Gasteiger partial charge on any atom is 0.305 e. The molecule has 0 aromatic heterocycles. The van der Waals surface area contributed by atoms with Crippen LogP contribution < -0.4 is 0 Å². The highest BCUT2D eigenvalue weighted by Gasteiger charge is 2.33. The number of aliphatic hydroxyl groups excluding tert-OH is 1. The number of rotatable bonds is 16. The van der Waals surface area contributed by atoms with Gasteiger partial charge in [0, 0.05) is 6.61 Å². The lowest BCUT2D eigenvalue weighted by molar-refractivity contribution is -0.140. The Labute approximate surface area is 151 Å². The van der Waals surface area contributed by atoms with Crippen LogP contribution in [-0.2, 0) is 9.53 Å². The summed E-state index contributed by atoms with van der Waals surface area (Å²) in [7, 11) is 0.0542. The number of hydrogen-bond acceptors (Lipinski definition) is 3. The number of carbonyl (C=O) groups is 1. The molecule has 0 aliphatic heterocycles. The van der Waals surface area contributed by atoms with Crippen molar-refractivity contribution >= 4 is 14.0 Å². The van der Waals surface area contributed by atoms with Crippen molar-refractivity contribution in [2.24, 2.45) is 0 Å². The topological polar surface area (TPSA) is 46.5 Å². The molecule has 3 nitrogen and oxygen atoms in total. The highest BCUT2D eigenvalue weighted by atomic mass is 28.3. The van der Waals surface area contributed by atoms with Crippen molar-refractivity contribution in [1.82, 2.24) is 0 Å². The van der Waals surface area contributed by atoms with E-state index in [1.165, 1.54) is 71.3 Å². The van der Waals surface area contributed by atoms with Gasteiger partial charge in [0.05, 0.1) is 20.7 Å². The quantitative estimate of drug-likeness (QED) is 0.211. The number of esters is 1. The number of unbranched alkanes of at least 4 members (excludes halogenated alkanes) is 11. The summed E-state index contributed by atoms with van der Waals surface area (Å²) in [6.07, 6.45) is 16.2. The van der Waals surface area contributed by atoms with Gasteiger partial charge in [-0.2, -0.15) is 0 Å². The predicted molar refractivity (Wildman–Crippen MR) is 106 cm³/mol. The summed E-state index contributed by atoms with van der Waals surface area (Å²) in [4.78, 5) is 11.9. The lowest BCUT2D eigenvalue weighted by Crippen LogP contribution is -2.34. The van der Waals surface area contributed by atoms with Gasteiger partial charge in [-0.3, -0.25) is 4.79 Å². The number of ether oxygens (including phenoxy) is 1. The van der Waals surface area contributed by atoms with Gasteiger partial charge in [0.2, 0.25) is 0 Å². The van der Waals surface area contributed by atoms with Crippen molar-refractivity contribution in [1.29, 1.82) is 0 Å². The molecule has 0 bridgehead atoms. The van der Waals surface area contributed by atoms with E-state index < -0.39 is 8.07 Å². The molecule has 0 aliphatic rings. The van der Waals surface area contributed by atoms with Crippen LogP contribution in [0.15, 0.2) is 0 Å². The standard InChI is InChI=1S/C20H42O3Si/c1-23-20(22)19(24(2,3)4)17-15-13-11-9-7-5-6-8-10-12-14-16-18-21/h19,21H,5-18H2,1-4H3. The molecule has 0 saturated carbocycles. The van der Waals surface area contributed by atoms with Gasteiger partial charge in [-0.25, -0.2) is 0 Å². The average molecular weight is 359 g/mol. The molecule has 0 spiro atoms. The fourth-order valence-corrected chi connectivity index (χ4v) is 5.17. The highest BCUT2D eigenvalue weighted by molar-refractivity contribution is 6.80. The minimum Gasteiger partial charge on any atom is -0.469 e. The number of hydrogen-bond donors (Lipinski definition) is 1. The van der Waals surface area contributed by atoms with Crippen molar-refractivity contribution in [3.05, 3.63) is 0 Å². The molecule has 1 atom stereocenters. The third-order valence-corrected chi connectivity index (χ3v) is 7.55. The van der Waals surface area contributed by atoms with Crippen LogP contribution in [0.2, 0.25) is 25.2 Å². The van der Waals surface area contributed by atoms with E-state index in [0.717, 1.165) is 19.3 Å². The lowest BCUT2D eigenvalue weighted by Gasteiger charge is -2.26. The second-order valence-corrected chi connectivity index (χ2v) is 13.6. The molecule has 1 unspecified atom stereocenters. The summed E-state index contributed by atoms with van der Waals surface area (Å²) in [5.74, 6) is 0.00755. The van der Waals surface area contributed by atoms with E-state index in [4.69, 9.17) is 9.84 Å². The first-order valence-electron chi connectivity index (χ1n) is 10.1. The van der Waals surface area contributed by atoms with E-state index in [2.05, 4.69) is 19.6 Å². The van der Waals surface area contributed by atoms with Crippen LogP contribution in [0.3, 0.4) is 0 Å². The molecule has 24 heavy (non-hydrogen) atoms. The molecule has 1 N–H and O–H groups in total. The maximum atomic E-state index is 11.9. The zero-order valence-corrected chi connectivity index (χ0v) is 17.7. The Balaban J connectivity index is 3.48. The number of methoxy groups -OCH3 is 1. The Morgan fingerprint density at radius 3 is 1.50 bits per heavy atom. The van der Waals surface area contributed by atoms with Gasteiger partial charge in [0.25, 0.3) is 0 Å². The number of aliphatic hydroxyl groups is 1. The molecule has 0 radical (unpaired) electrons. The second-order valence-electron chi connectivity index (χ2n) is 8.20. The van der Waals surface area contributed by atoms with Gasteiger partial charge < -0.3 is 9.84 Å². The van der Waals surface area contributed by atoms with Gasteiger partial charge in [0.15, 0.2) is 0 Å². The van der Waals surface area contributed by atoms with Gasteiger partial charge in [0.1, 0.15) is 0 Å². The minimum atomic E-state index is -1.46. The summed E-state index contributed by atoms with van der Waals surface area (Å²) in [6.45, 7) is 7.13. The summed E-state index contributed by atoms with van der Waals surface area (Å²) >= 11 is 0. The molecule has 144 valence electrons. The molecule has 0 saturated heterocycles. The highest BCUT2D eigenvalue weighted by Crippen LogP contribution is 2.29. The second kappa shape index (κ2) is 14.9. The molecule has 0 aliphatic carbocycles. The molecule has 0 heterocycles. The van der Waals surface area contributed by atoms with Gasteiger partial charge in [-0.15, -0.1) is 0 Å². The van der Waals surface area contributed by atoms with Gasteiger partial charge in [-0.1, -0.05) is 90.3 Å². The molecule has 0 amide bonds. The minimum absolute atomic E-state index is 0.00755. The molecular formula is C20H42O3Si. The van der Waals surface area contributed by atoms with Crippen molar-refractivity contribution < 1.29 is 14.6 Å². The Morgan fingerprint density at radius 2 is 1.17 bits per heavy atom. The van der Waals surface area contributed by atoms with Crippen LogP contribution in [0.5, 0.6) is 0 Å². The van der Waals surface area contributed by atoms with Gasteiger partial charge in [-0.05, 0) is 12.8 Å². The summed E-state index contributed by atoms with van der Waals surface area (Å²) in [5.41, 5.74) is 0.160. The Hall–Kier alpha value is -0.353. The first-order chi connectivity index (χ1) is 11.4. The summed E-state index contributed by atoms with van der Waals surface area (Å²) in [6, 6.07) is 0. The Kier molecular flexibility index (Phi) is 14.7. The third-order valence-electron chi connectivity index (χ3n) is 4.93. The van der Waals surface area contributed by atoms with E-state index in [1.807, 2.05) is 0 Å². The molecular weight excluding hydrogens is 316 g/mol. The first-order valence-corrected chi connectivity index (χ1v) is 13.7. The lowest BCUT2D eigenvalue weighted by atomic mass is 10.0. The van der Waals surface area contributed by atoms with Crippen molar-refractivity contribution in [2.75, 3.05) is 13.7 Å². The monoisotopic (exact) mass is 358 g/mol. The molecule has 0 rings (SSSR count).